The summed E-state index contributed by atoms with van der Waals surface area (Å²) < 4.78 is 1.75. The van der Waals surface area contributed by atoms with E-state index in [4.69, 9.17) is 0 Å². The van der Waals surface area contributed by atoms with Crippen LogP contribution in [0.25, 0.3) is 10.9 Å². The van der Waals surface area contributed by atoms with Gasteiger partial charge in [0.1, 0.15) is 5.03 Å². The van der Waals surface area contributed by atoms with Crippen molar-refractivity contribution >= 4 is 29.0 Å². The molecule has 1 N–H and O–H groups in total. The van der Waals surface area contributed by atoms with Crippen LogP contribution in [-0.4, -0.2) is 21.1 Å². The number of carbonyl (C=O) groups excluding carboxylic acids is 1. The zero-order valence-corrected chi connectivity index (χ0v) is 11.5. The first kappa shape index (κ1) is 12.0. The minimum atomic E-state index is 0.658. The van der Waals surface area contributed by atoms with Crippen LogP contribution in [0.3, 0.4) is 0 Å². The molecule has 0 spiro atoms. The van der Waals surface area contributed by atoms with E-state index in [0.29, 0.717) is 5.56 Å². The molecule has 3 rings (SSSR count). The second kappa shape index (κ2) is 4.59. The molecule has 0 radical (unpaired) electrons. The summed E-state index contributed by atoms with van der Waals surface area (Å²) >= 11 is 1.53. The third-order valence-corrected chi connectivity index (χ3v) is 4.16. The van der Waals surface area contributed by atoms with E-state index in [1.54, 1.807) is 4.68 Å². The minimum absolute atomic E-state index is 0.658. The van der Waals surface area contributed by atoms with Gasteiger partial charge in [-0.15, -0.1) is 0 Å². The van der Waals surface area contributed by atoms with Gasteiger partial charge in [0.15, 0.2) is 6.29 Å². The number of para-hydroxylation sites is 1. The number of aromatic nitrogens is 3. The lowest BCUT2D eigenvalue weighted by Gasteiger charge is -2.00. The van der Waals surface area contributed by atoms with Crippen LogP contribution >= 0.6 is 11.8 Å². The molecule has 96 valence electrons. The highest BCUT2D eigenvalue weighted by atomic mass is 32.2. The van der Waals surface area contributed by atoms with Gasteiger partial charge in [-0.1, -0.05) is 30.0 Å². The Morgan fingerprint density at radius 1 is 1.37 bits per heavy atom. The number of benzene rings is 1. The number of nitrogens with zero attached hydrogens (tertiary/aromatic N) is 2. The van der Waals surface area contributed by atoms with Crippen LogP contribution in [-0.2, 0) is 7.05 Å². The largest absolute Gasteiger partial charge is 0.349 e. The first-order valence-electron chi connectivity index (χ1n) is 5.93. The maximum Gasteiger partial charge on any atom is 0.154 e. The molecule has 0 aliphatic rings. The molecule has 2 aromatic heterocycles. The topological polar surface area (TPSA) is 50.7 Å². The van der Waals surface area contributed by atoms with Crippen molar-refractivity contribution in [2.75, 3.05) is 0 Å². The van der Waals surface area contributed by atoms with Crippen LogP contribution in [0.4, 0.5) is 0 Å². The van der Waals surface area contributed by atoms with E-state index >= 15 is 0 Å². The van der Waals surface area contributed by atoms with Crippen molar-refractivity contribution in [2.24, 2.45) is 7.05 Å². The molecule has 0 fully saturated rings. The number of aryl methyl sites for hydroxylation is 2. The molecule has 5 heteroatoms. The lowest BCUT2D eigenvalue weighted by Crippen LogP contribution is -1.93. The maximum atomic E-state index is 11.1. The van der Waals surface area contributed by atoms with Gasteiger partial charge in [-0.05, 0) is 19.1 Å². The van der Waals surface area contributed by atoms with E-state index < -0.39 is 0 Å². The summed E-state index contributed by atoms with van der Waals surface area (Å²) in [6, 6.07) is 10.2. The van der Waals surface area contributed by atoms with E-state index in [0.717, 1.165) is 32.9 Å². The number of H-pyrrole nitrogens is 1. The van der Waals surface area contributed by atoms with Crippen LogP contribution in [0.15, 0.2) is 40.4 Å². The van der Waals surface area contributed by atoms with Gasteiger partial charge in [-0.3, -0.25) is 9.48 Å². The van der Waals surface area contributed by atoms with Gasteiger partial charge in [-0.25, -0.2) is 0 Å². The Morgan fingerprint density at radius 3 is 2.89 bits per heavy atom. The van der Waals surface area contributed by atoms with E-state index in [1.807, 2.05) is 32.2 Å². The lowest BCUT2D eigenvalue weighted by atomic mass is 10.3. The number of aromatic amines is 1. The van der Waals surface area contributed by atoms with Crippen molar-refractivity contribution in [1.82, 2.24) is 14.8 Å². The highest BCUT2D eigenvalue weighted by Gasteiger charge is 2.14. The summed E-state index contributed by atoms with van der Waals surface area (Å²) in [7, 11) is 1.85. The van der Waals surface area contributed by atoms with Crippen molar-refractivity contribution < 1.29 is 4.79 Å². The van der Waals surface area contributed by atoms with Gasteiger partial charge >= 0.3 is 0 Å². The normalized spacial score (nSPS) is 11.1. The number of aldehydes is 1. The average Bonchev–Trinajstić information content (AvgIpc) is 2.91. The monoisotopic (exact) mass is 271 g/mol. The fourth-order valence-corrected chi connectivity index (χ4v) is 3.15. The van der Waals surface area contributed by atoms with Crippen LogP contribution < -0.4 is 0 Å². The molecule has 0 aliphatic carbocycles. The second-order valence-corrected chi connectivity index (χ2v) is 5.40. The Kier molecular flexibility index (Phi) is 2.91. The van der Waals surface area contributed by atoms with E-state index in [1.165, 1.54) is 11.8 Å². The summed E-state index contributed by atoms with van der Waals surface area (Å²) in [5.74, 6) is 0. The molecule has 0 amide bonds. The molecule has 0 saturated heterocycles. The van der Waals surface area contributed by atoms with Crippen LogP contribution in [0.2, 0.25) is 0 Å². The molecular weight excluding hydrogens is 258 g/mol. The standard InChI is InChI=1S/C14H13N3OS/c1-9-11(8-18)14(17(2)16-9)19-13-7-10-5-3-4-6-12(10)15-13/h3-8,15H,1-2H3. The van der Waals surface area contributed by atoms with Gasteiger partial charge < -0.3 is 4.98 Å². The maximum absolute atomic E-state index is 11.1. The van der Waals surface area contributed by atoms with E-state index in [2.05, 4.69) is 22.2 Å². The fraction of sp³-hybridized carbons (Fsp3) is 0.143. The number of nitrogens with one attached hydrogen (secondary N) is 1. The molecule has 0 atom stereocenters. The number of rotatable bonds is 3. The highest BCUT2D eigenvalue weighted by Crippen LogP contribution is 2.32. The predicted molar refractivity (Wildman–Crippen MR) is 75.8 cm³/mol. The smallest absolute Gasteiger partial charge is 0.154 e. The van der Waals surface area contributed by atoms with Gasteiger partial charge in [0.2, 0.25) is 0 Å². The number of hydrogen-bond donors (Lipinski definition) is 1. The molecule has 0 aliphatic heterocycles. The molecule has 2 heterocycles. The SMILES string of the molecule is Cc1nn(C)c(Sc2cc3ccccc3[nH]2)c1C=O. The zero-order chi connectivity index (χ0) is 13.4. The van der Waals surface area contributed by atoms with Crippen molar-refractivity contribution in [1.29, 1.82) is 0 Å². The second-order valence-electron chi connectivity index (χ2n) is 4.37. The molecule has 0 unspecified atom stereocenters. The van der Waals surface area contributed by atoms with Crippen molar-refractivity contribution in [2.45, 2.75) is 17.0 Å². The average molecular weight is 271 g/mol. The Balaban J connectivity index is 2.03. The third kappa shape index (κ3) is 2.06. The molecule has 19 heavy (non-hydrogen) atoms. The number of carbonyl (C=O) groups is 1. The van der Waals surface area contributed by atoms with Crippen molar-refractivity contribution in [3.63, 3.8) is 0 Å². The van der Waals surface area contributed by atoms with Crippen molar-refractivity contribution in [3.8, 4) is 0 Å². The summed E-state index contributed by atoms with van der Waals surface area (Å²) in [5.41, 5.74) is 2.51. The quantitative estimate of drug-likeness (QED) is 0.744. The first-order valence-corrected chi connectivity index (χ1v) is 6.75. The Morgan fingerprint density at radius 2 is 2.16 bits per heavy atom. The minimum Gasteiger partial charge on any atom is -0.349 e. The van der Waals surface area contributed by atoms with E-state index in [9.17, 15) is 4.79 Å². The molecule has 3 aromatic rings. The lowest BCUT2D eigenvalue weighted by molar-refractivity contribution is 0.112. The third-order valence-electron chi connectivity index (χ3n) is 3.04. The zero-order valence-electron chi connectivity index (χ0n) is 10.7. The Bertz CT molecular complexity index is 724. The molecule has 0 saturated carbocycles. The Labute approximate surface area is 114 Å². The van der Waals surface area contributed by atoms with Crippen LogP contribution in [0.1, 0.15) is 16.1 Å². The van der Waals surface area contributed by atoms with E-state index in [-0.39, 0.29) is 0 Å². The first-order chi connectivity index (χ1) is 9.19. The van der Waals surface area contributed by atoms with Crippen LogP contribution in [0.5, 0.6) is 0 Å². The van der Waals surface area contributed by atoms with Gasteiger partial charge in [0.05, 0.1) is 16.3 Å². The van der Waals surface area contributed by atoms with Gasteiger partial charge in [0.25, 0.3) is 0 Å². The summed E-state index contributed by atoms with van der Waals surface area (Å²) in [5, 5.41) is 7.31. The van der Waals surface area contributed by atoms with Crippen molar-refractivity contribution in [3.05, 3.63) is 41.6 Å². The number of hydrogen-bond acceptors (Lipinski definition) is 3. The molecule has 1 aromatic carbocycles. The number of fused-ring (bicyclic) bond motifs is 1. The predicted octanol–water partition coefficient (Wildman–Crippen LogP) is 3.17. The fourth-order valence-electron chi connectivity index (χ4n) is 2.12. The summed E-state index contributed by atoms with van der Waals surface area (Å²) in [6.45, 7) is 1.85. The van der Waals surface area contributed by atoms with Gasteiger partial charge in [-0.2, -0.15) is 5.10 Å². The molecule has 4 nitrogen and oxygen atoms in total. The van der Waals surface area contributed by atoms with Gasteiger partial charge in [0, 0.05) is 18.0 Å². The molecule has 0 bridgehead atoms. The molecular formula is C14H13N3OS. The highest BCUT2D eigenvalue weighted by molar-refractivity contribution is 7.99. The summed E-state index contributed by atoms with van der Waals surface area (Å²) in [6.07, 6.45) is 0.868. The van der Waals surface area contributed by atoms with Crippen LogP contribution in [0, 0.1) is 6.92 Å². The Hall–Kier alpha value is -2.01. The summed E-state index contributed by atoms with van der Waals surface area (Å²) in [4.78, 5) is 14.5.